The van der Waals surface area contributed by atoms with Crippen LogP contribution in [0.2, 0.25) is 5.02 Å². The second-order valence-corrected chi connectivity index (χ2v) is 7.40. The fourth-order valence-corrected chi connectivity index (χ4v) is 3.34. The highest BCUT2D eigenvalue weighted by Crippen LogP contribution is 2.28. The Morgan fingerprint density at radius 2 is 1.40 bits per heavy atom. The maximum Gasteiger partial charge on any atom is 0.307 e. The van der Waals surface area contributed by atoms with Gasteiger partial charge < -0.3 is 10.1 Å². The average Bonchev–Trinajstić information content (AvgIpc) is 2.78. The van der Waals surface area contributed by atoms with Crippen LogP contribution < -0.4 is 5.32 Å². The van der Waals surface area contributed by atoms with Crippen LogP contribution in [0.3, 0.4) is 0 Å². The van der Waals surface area contributed by atoms with Gasteiger partial charge in [-0.3, -0.25) is 9.59 Å². The number of ether oxygens (including phenoxy) is 1. The molecule has 0 spiro atoms. The van der Waals surface area contributed by atoms with Gasteiger partial charge in [-0.25, -0.2) is 0 Å². The van der Waals surface area contributed by atoms with Crippen LogP contribution in [0.5, 0.6) is 0 Å². The quantitative estimate of drug-likeness (QED) is 0.506. The summed E-state index contributed by atoms with van der Waals surface area (Å²) in [7, 11) is 0. The lowest BCUT2D eigenvalue weighted by atomic mass is 9.89. The third kappa shape index (κ3) is 6.75. The highest BCUT2D eigenvalue weighted by molar-refractivity contribution is 6.30. The number of benzene rings is 3. The Hall–Kier alpha value is -3.11. The molecule has 5 heteroatoms. The van der Waals surface area contributed by atoms with Crippen LogP contribution in [0, 0.1) is 0 Å². The van der Waals surface area contributed by atoms with Crippen molar-refractivity contribution in [2.45, 2.75) is 18.8 Å². The van der Waals surface area contributed by atoms with Gasteiger partial charge in [0.05, 0.1) is 6.42 Å². The molecule has 30 heavy (non-hydrogen) atoms. The number of hydrogen-bond acceptors (Lipinski definition) is 3. The third-order valence-corrected chi connectivity index (χ3v) is 5.04. The molecule has 3 rings (SSSR count). The topological polar surface area (TPSA) is 55.4 Å². The van der Waals surface area contributed by atoms with Gasteiger partial charge in [-0.05, 0) is 35.2 Å². The van der Waals surface area contributed by atoms with Gasteiger partial charge in [-0.2, -0.15) is 0 Å². The van der Waals surface area contributed by atoms with Crippen molar-refractivity contribution < 1.29 is 14.3 Å². The number of hydrogen-bond donors (Lipinski definition) is 1. The first-order valence-electron chi connectivity index (χ1n) is 9.88. The minimum atomic E-state index is -0.402. The average molecular weight is 422 g/mol. The zero-order valence-electron chi connectivity index (χ0n) is 16.6. The molecule has 3 aromatic carbocycles. The lowest BCUT2D eigenvalue weighted by Gasteiger charge is -2.17. The van der Waals surface area contributed by atoms with E-state index in [1.807, 2.05) is 84.9 Å². The Morgan fingerprint density at radius 3 is 1.97 bits per heavy atom. The molecule has 1 N–H and O–H groups in total. The first-order valence-corrected chi connectivity index (χ1v) is 10.3. The van der Waals surface area contributed by atoms with Crippen LogP contribution >= 0.6 is 11.6 Å². The number of carbonyl (C=O) groups is 2. The highest BCUT2D eigenvalue weighted by Gasteiger charge is 2.19. The molecule has 154 valence electrons. The fraction of sp³-hybridized carbons (Fsp3) is 0.200. The SMILES string of the molecule is O=C(COC(=O)CC(c1ccccc1)c1ccccc1)NCCc1ccc(Cl)cc1. The minimum absolute atomic E-state index is 0.118. The van der Waals surface area contributed by atoms with E-state index < -0.39 is 5.97 Å². The zero-order chi connectivity index (χ0) is 21.2. The lowest BCUT2D eigenvalue weighted by Crippen LogP contribution is -2.30. The standard InChI is InChI=1S/C25H24ClNO3/c26-22-13-11-19(12-14-22)15-16-27-24(28)18-30-25(29)17-23(20-7-3-1-4-8-20)21-9-5-2-6-10-21/h1-14,23H,15-18H2,(H,27,28). The van der Waals surface area contributed by atoms with Crippen LogP contribution in [0.4, 0.5) is 0 Å². The van der Waals surface area contributed by atoms with E-state index in [0.29, 0.717) is 18.0 Å². The predicted octanol–water partition coefficient (Wildman–Crippen LogP) is 4.76. The van der Waals surface area contributed by atoms with Gasteiger partial charge in [-0.1, -0.05) is 84.4 Å². The molecular weight excluding hydrogens is 398 g/mol. The Balaban J connectivity index is 1.48. The third-order valence-electron chi connectivity index (χ3n) is 4.79. The molecule has 0 saturated heterocycles. The molecule has 0 aliphatic heterocycles. The molecule has 1 amide bonds. The maximum absolute atomic E-state index is 12.4. The Kier molecular flexibility index (Phi) is 8.04. The predicted molar refractivity (Wildman–Crippen MR) is 118 cm³/mol. The van der Waals surface area contributed by atoms with E-state index in [1.165, 1.54) is 0 Å². The van der Waals surface area contributed by atoms with Gasteiger partial charge in [-0.15, -0.1) is 0 Å². The van der Waals surface area contributed by atoms with Crippen molar-refractivity contribution in [2.75, 3.05) is 13.2 Å². The fourth-order valence-electron chi connectivity index (χ4n) is 3.22. The molecule has 0 radical (unpaired) electrons. The molecule has 0 aliphatic rings. The van der Waals surface area contributed by atoms with Gasteiger partial charge in [0.25, 0.3) is 5.91 Å². The van der Waals surface area contributed by atoms with E-state index in [9.17, 15) is 9.59 Å². The Bertz CT molecular complexity index is 904. The van der Waals surface area contributed by atoms with E-state index in [-0.39, 0.29) is 24.9 Å². The molecule has 0 aliphatic carbocycles. The minimum Gasteiger partial charge on any atom is -0.456 e. The first-order chi connectivity index (χ1) is 14.6. The Labute approximate surface area is 181 Å². The van der Waals surface area contributed by atoms with E-state index in [2.05, 4.69) is 5.32 Å². The summed E-state index contributed by atoms with van der Waals surface area (Å²) in [6, 6.07) is 27.1. The van der Waals surface area contributed by atoms with Crippen molar-refractivity contribution in [2.24, 2.45) is 0 Å². The Morgan fingerprint density at radius 1 is 0.833 bits per heavy atom. The summed E-state index contributed by atoms with van der Waals surface area (Å²) in [4.78, 5) is 24.4. The van der Waals surface area contributed by atoms with E-state index in [1.54, 1.807) is 0 Å². The molecule has 4 nitrogen and oxygen atoms in total. The smallest absolute Gasteiger partial charge is 0.307 e. The van der Waals surface area contributed by atoms with Crippen LogP contribution in [-0.4, -0.2) is 25.0 Å². The normalized spacial score (nSPS) is 10.6. The van der Waals surface area contributed by atoms with Crippen molar-refractivity contribution in [1.29, 1.82) is 0 Å². The molecule has 0 unspecified atom stereocenters. The molecule has 3 aromatic rings. The number of nitrogens with one attached hydrogen (secondary N) is 1. The largest absolute Gasteiger partial charge is 0.456 e. The molecule has 0 atom stereocenters. The summed E-state index contributed by atoms with van der Waals surface area (Å²) in [5, 5.41) is 3.45. The van der Waals surface area contributed by atoms with Gasteiger partial charge >= 0.3 is 5.97 Å². The monoisotopic (exact) mass is 421 g/mol. The van der Waals surface area contributed by atoms with Crippen molar-refractivity contribution in [3.05, 3.63) is 107 Å². The van der Waals surface area contributed by atoms with Crippen LogP contribution in [0.1, 0.15) is 29.0 Å². The molecule has 0 heterocycles. The van der Waals surface area contributed by atoms with Gasteiger partial charge in [0.2, 0.25) is 0 Å². The number of halogens is 1. The molecule has 0 bridgehead atoms. The molecule has 0 fully saturated rings. The summed E-state index contributed by atoms with van der Waals surface area (Å²) < 4.78 is 5.23. The second-order valence-electron chi connectivity index (χ2n) is 6.97. The molecule has 0 saturated carbocycles. The summed E-state index contributed by atoms with van der Waals surface area (Å²) in [5.41, 5.74) is 3.14. The summed E-state index contributed by atoms with van der Waals surface area (Å²) >= 11 is 5.86. The molecular formula is C25H24ClNO3. The summed E-state index contributed by atoms with van der Waals surface area (Å²) in [5.74, 6) is -0.832. The first kappa shape index (κ1) is 21.6. The van der Waals surface area contributed by atoms with Crippen LogP contribution in [0.15, 0.2) is 84.9 Å². The van der Waals surface area contributed by atoms with Crippen molar-refractivity contribution in [3.63, 3.8) is 0 Å². The maximum atomic E-state index is 12.4. The van der Waals surface area contributed by atoms with Gasteiger partial charge in [0, 0.05) is 17.5 Å². The van der Waals surface area contributed by atoms with Crippen LogP contribution in [0.25, 0.3) is 0 Å². The van der Waals surface area contributed by atoms with E-state index in [4.69, 9.17) is 16.3 Å². The van der Waals surface area contributed by atoms with Crippen molar-refractivity contribution in [3.8, 4) is 0 Å². The summed E-state index contributed by atoms with van der Waals surface area (Å²) in [6.45, 7) is 0.185. The lowest BCUT2D eigenvalue weighted by molar-refractivity contribution is -0.148. The summed E-state index contributed by atoms with van der Waals surface area (Å²) in [6.07, 6.45) is 0.854. The number of carbonyl (C=O) groups excluding carboxylic acids is 2. The number of amides is 1. The zero-order valence-corrected chi connectivity index (χ0v) is 17.3. The van der Waals surface area contributed by atoms with Crippen molar-refractivity contribution >= 4 is 23.5 Å². The van der Waals surface area contributed by atoms with E-state index >= 15 is 0 Å². The van der Waals surface area contributed by atoms with Crippen molar-refractivity contribution in [1.82, 2.24) is 5.32 Å². The van der Waals surface area contributed by atoms with Gasteiger partial charge in [0.15, 0.2) is 6.61 Å². The van der Waals surface area contributed by atoms with E-state index in [0.717, 1.165) is 16.7 Å². The van der Waals surface area contributed by atoms with Gasteiger partial charge in [0.1, 0.15) is 0 Å². The number of esters is 1. The molecule has 0 aromatic heterocycles. The second kappa shape index (κ2) is 11.2. The highest BCUT2D eigenvalue weighted by atomic mass is 35.5. The van der Waals surface area contributed by atoms with Crippen LogP contribution in [-0.2, 0) is 20.7 Å². The number of rotatable bonds is 9.